The fourth-order valence-electron chi connectivity index (χ4n) is 2.14. The number of nitrogens with zero attached hydrogens (tertiary/aromatic N) is 1. The van der Waals surface area contributed by atoms with E-state index in [0.717, 1.165) is 36.8 Å². The largest absolute Gasteiger partial charge is 0.392 e. The Morgan fingerprint density at radius 2 is 1.88 bits per heavy atom. The highest BCUT2D eigenvalue weighted by atomic mass is 35.5. The lowest BCUT2D eigenvalue weighted by Crippen LogP contribution is -2.48. The molecule has 1 aliphatic heterocycles. The van der Waals surface area contributed by atoms with Crippen molar-refractivity contribution in [3.8, 4) is 0 Å². The molecule has 3 N–H and O–H groups in total. The Balaban J connectivity index is 2.21. The number of hydrogen-bond donors (Lipinski definition) is 2. The van der Waals surface area contributed by atoms with Crippen LogP contribution < -0.4 is 11.1 Å². The van der Waals surface area contributed by atoms with Gasteiger partial charge in [0.25, 0.3) is 0 Å². The molecular formula is C12H16ClN3S. The van der Waals surface area contributed by atoms with Gasteiger partial charge in [-0.1, -0.05) is 36.0 Å². The van der Waals surface area contributed by atoms with Gasteiger partial charge < -0.3 is 11.1 Å². The summed E-state index contributed by atoms with van der Waals surface area (Å²) in [5.41, 5.74) is 6.99. The van der Waals surface area contributed by atoms with Gasteiger partial charge in [-0.15, -0.1) is 0 Å². The molecule has 0 aliphatic carbocycles. The minimum absolute atomic E-state index is 0.0179. The van der Waals surface area contributed by atoms with E-state index in [1.165, 1.54) is 0 Å². The second-order valence-electron chi connectivity index (χ2n) is 4.14. The third kappa shape index (κ3) is 3.16. The lowest BCUT2D eigenvalue weighted by Gasteiger charge is -2.34. The maximum atomic E-state index is 5.89. The van der Waals surface area contributed by atoms with Crippen LogP contribution in [-0.4, -0.2) is 36.1 Å². The SMILES string of the molecule is NC(=S)C(c1ccc(Cl)cc1)N1CCNCC1. The number of nitrogens with one attached hydrogen (secondary N) is 1. The van der Waals surface area contributed by atoms with Gasteiger partial charge in [0.05, 0.1) is 11.0 Å². The van der Waals surface area contributed by atoms with E-state index >= 15 is 0 Å². The van der Waals surface area contributed by atoms with Crippen LogP contribution in [0.1, 0.15) is 11.6 Å². The van der Waals surface area contributed by atoms with Gasteiger partial charge in [-0.25, -0.2) is 0 Å². The summed E-state index contributed by atoms with van der Waals surface area (Å²) in [6, 6.07) is 7.77. The molecule has 1 heterocycles. The Morgan fingerprint density at radius 3 is 2.41 bits per heavy atom. The molecule has 0 bridgehead atoms. The monoisotopic (exact) mass is 269 g/mol. The zero-order valence-corrected chi connectivity index (χ0v) is 11.1. The Kier molecular flexibility index (Phi) is 4.34. The summed E-state index contributed by atoms with van der Waals surface area (Å²) in [6.07, 6.45) is 0. The topological polar surface area (TPSA) is 41.3 Å². The first-order valence-electron chi connectivity index (χ1n) is 5.68. The molecule has 1 saturated heterocycles. The van der Waals surface area contributed by atoms with E-state index in [4.69, 9.17) is 29.6 Å². The molecule has 1 unspecified atom stereocenters. The first kappa shape index (κ1) is 12.8. The van der Waals surface area contributed by atoms with Gasteiger partial charge in [0.2, 0.25) is 0 Å². The summed E-state index contributed by atoms with van der Waals surface area (Å²) in [5, 5.41) is 4.05. The average Bonchev–Trinajstić information content (AvgIpc) is 2.33. The van der Waals surface area contributed by atoms with Crippen molar-refractivity contribution >= 4 is 28.8 Å². The second kappa shape index (κ2) is 5.78. The highest BCUT2D eigenvalue weighted by molar-refractivity contribution is 7.80. The van der Waals surface area contributed by atoms with E-state index in [9.17, 15) is 0 Å². The van der Waals surface area contributed by atoms with Crippen LogP contribution in [0.2, 0.25) is 5.02 Å². The summed E-state index contributed by atoms with van der Waals surface area (Å²) in [5.74, 6) is 0. The summed E-state index contributed by atoms with van der Waals surface area (Å²) >= 11 is 11.1. The Morgan fingerprint density at radius 1 is 1.29 bits per heavy atom. The molecule has 1 aromatic rings. The molecule has 0 saturated carbocycles. The van der Waals surface area contributed by atoms with Crippen molar-refractivity contribution < 1.29 is 0 Å². The second-order valence-corrected chi connectivity index (χ2v) is 5.05. The van der Waals surface area contributed by atoms with Gasteiger partial charge in [-0.2, -0.15) is 0 Å². The van der Waals surface area contributed by atoms with Gasteiger partial charge in [0.15, 0.2) is 0 Å². The zero-order chi connectivity index (χ0) is 12.3. The molecule has 1 aromatic carbocycles. The third-order valence-electron chi connectivity index (χ3n) is 2.97. The minimum atomic E-state index is 0.0179. The first-order chi connectivity index (χ1) is 8.18. The van der Waals surface area contributed by atoms with Crippen molar-refractivity contribution in [1.82, 2.24) is 10.2 Å². The standard InChI is InChI=1S/C12H16ClN3S/c13-10-3-1-9(2-4-10)11(12(14)17)16-7-5-15-6-8-16/h1-4,11,15H,5-8H2,(H2,14,17). The fourth-order valence-corrected chi connectivity index (χ4v) is 2.55. The van der Waals surface area contributed by atoms with E-state index in [1.54, 1.807) is 0 Å². The number of hydrogen-bond acceptors (Lipinski definition) is 3. The van der Waals surface area contributed by atoms with Gasteiger partial charge >= 0.3 is 0 Å². The van der Waals surface area contributed by atoms with E-state index in [0.29, 0.717) is 4.99 Å². The van der Waals surface area contributed by atoms with Crippen LogP contribution >= 0.6 is 23.8 Å². The maximum absolute atomic E-state index is 5.89. The van der Waals surface area contributed by atoms with Crippen LogP contribution in [0.5, 0.6) is 0 Å². The molecule has 0 aromatic heterocycles. The Hall–Kier alpha value is -0.680. The number of benzene rings is 1. The van der Waals surface area contributed by atoms with Gasteiger partial charge in [-0.3, -0.25) is 4.90 Å². The van der Waals surface area contributed by atoms with E-state index in [1.807, 2.05) is 24.3 Å². The minimum Gasteiger partial charge on any atom is -0.392 e. The van der Waals surface area contributed by atoms with Crippen LogP contribution in [0.15, 0.2) is 24.3 Å². The Labute approximate surface area is 112 Å². The number of thiocarbonyl (C=S) groups is 1. The summed E-state index contributed by atoms with van der Waals surface area (Å²) in [6.45, 7) is 3.88. The van der Waals surface area contributed by atoms with E-state index in [-0.39, 0.29) is 6.04 Å². The third-order valence-corrected chi connectivity index (χ3v) is 3.45. The van der Waals surface area contributed by atoms with Crippen molar-refractivity contribution in [2.24, 2.45) is 5.73 Å². The molecule has 1 atom stereocenters. The molecule has 5 heteroatoms. The van der Waals surface area contributed by atoms with Gasteiger partial charge in [-0.05, 0) is 17.7 Å². The predicted molar refractivity (Wildman–Crippen MR) is 75.4 cm³/mol. The Bertz CT molecular complexity index is 387. The molecule has 17 heavy (non-hydrogen) atoms. The van der Waals surface area contributed by atoms with Crippen molar-refractivity contribution in [1.29, 1.82) is 0 Å². The summed E-state index contributed by atoms with van der Waals surface area (Å²) < 4.78 is 0. The van der Waals surface area contributed by atoms with Crippen molar-refractivity contribution in [2.75, 3.05) is 26.2 Å². The highest BCUT2D eigenvalue weighted by Gasteiger charge is 2.24. The van der Waals surface area contributed by atoms with Gasteiger partial charge in [0.1, 0.15) is 0 Å². The van der Waals surface area contributed by atoms with Crippen LogP contribution in [0.25, 0.3) is 0 Å². The quantitative estimate of drug-likeness (QED) is 0.818. The van der Waals surface area contributed by atoms with Crippen LogP contribution in [0.4, 0.5) is 0 Å². The molecule has 0 amide bonds. The average molecular weight is 270 g/mol. The smallest absolute Gasteiger partial charge is 0.0948 e. The molecular weight excluding hydrogens is 254 g/mol. The normalized spacial score (nSPS) is 18.9. The van der Waals surface area contributed by atoms with Crippen LogP contribution in [0.3, 0.4) is 0 Å². The van der Waals surface area contributed by atoms with Crippen LogP contribution in [-0.2, 0) is 0 Å². The molecule has 0 spiro atoms. The molecule has 2 rings (SSSR count). The van der Waals surface area contributed by atoms with Crippen molar-refractivity contribution in [3.63, 3.8) is 0 Å². The number of halogens is 1. The lowest BCUT2D eigenvalue weighted by atomic mass is 10.0. The van der Waals surface area contributed by atoms with Crippen molar-refractivity contribution in [2.45, 2.75) is 6.04 Å². The number of piperazine rings is 1. The van der Waals surface area contributed by atoms with Crippen molar-refractivity contribution in [3.05, 3.63) is 34.9 Å². The lowest BCUT2D eigenvalue weighted by molar-refractivity contribution is 0.215. The first-order valence-corrected chi connectivity index (χ1v) is 6.46. The van der Waals surface area contributed by atoms with Crippen LogP contribution in [0, 0.1) is 0 Å². The van der Waals surface area contributed by atoms with E-state index < -0.39 is 0 Å². The number of nitrogens with two attached hydrogens (primary N) is 1. The zero-order valence-electron chi connectivity index (χ0n) is 9.53. The molecule has 1 fully saturated rings. The van der Waals surface area contributed by atoms with Gasteiger partial charge in [0, 0.05) is 31.2 Å². The highest BCUT2D eigenvalue weighted by Crippen LogP contribution is 2.23. The number of rotatable bonds is 3. The summed E-state index contributed by atoms with van der Waals surface area (Å²) in [7, 11) is 0. The fraction of sp³-hybridized carbons (Fsp3) is 0.417. The predicted octanol–water partition coefficient (Wildman–Crippen LogP) is 1.57. The molecule has 92 valence electrons. The maximum Gasteiger partial charge on any atom is 0.0948 e. The summed E-state index contributed by atoms with van der Waals surface area (Å²) in [4.78, 5) is 2.83. The van der Waals surface area contributed by atoms with E-state index in [2.05, 4.69) is 10.2 Å². The molecule has 1 aliphatic rings. The molecule has 3 nitrogen and oxygen atoms in total. The molecule has 0 radical (unpaired) electrons.